The first-order valence-electron chi connectivity index (χ1n) is 3.73. The predicted octanol–water partition coefficient (Wildman–Crippen LogP) is 0.738. The van der Waals surface area contributed by atoms with Crippen molar-refractivity contribution in [3.63, 3.8) is 0 Å². The minimum atomic E-state index is -1.02. The summed E-state index contributed by atoms with van der Waals surface area (Å²) in [7, 11) is 0. The van der Waals surface area contributed by atoms with Gasteiger partial charge in [0.05, 0.1) is 11.8 Å². The topological polar surface area (TPSA) is 74.6 Å². The molecule has 0 saturated heterocycles. The fourth-order valence-corrected chi connectivity index (χ4v) is 1.36. The van der Waals surface area contributed by atoms with Crippen molar-refractivity contribution in [1.29, 1.82) is 0 Å². The molecule has 0 fully saturated rings. The highest BCUT2D eigenvalue weighted by Gasteiger charge is 2.33. The standard InChI is InChI=1S/C8H10O4/c9-7(10)5-3-1-2-4-6(5)8(11)12/h1-2,5-6H,3-4H2,(H,9,10)(H,11,12)/t5-,6?/m0/s1. The van der Waals surface area contributed by atoms with E-state index < -0.39 is 23.8 Å². The molecule has 4 nitrogen and oxygen atoms in total. The Kier molecular flexibility index (Phi) is 2.47. The Balaban J connectivity index is 2.76. The van der Waals surface area contributed by atoms with Crippen LogP contribution in [0.25, 0.3) is 0 Å². The monoisotopic (exact) mass is 170 g/mol. The van der Waals surface area contributed by atoms with Crippen molar-refractivity contribution < 1.29 is 19.8 Å². The van der Waals surface area contributed by atoms with E-state index in [9.17, 15) is 9.59 Å². The fourth-order valence-electron chi connectivity index (χ4n) is 1.36. The van der Waals surface area contributed by atoms with Crippen LogP contribution in [0.4, 0.5) is 0 Å². The molecule has 1 unspecified atom stereocenters. The van der Waals surface area contributed by atoms with Gasteiger partial charge in [-0.05, 0) is 12.8 Å². The summed E-state index contributed by atoms with van der Waals surface area (Å²) in [6.07, 6.45) is 4.09. The van der Waals surface area contributed by atoms with Gasteiger partial charge in [-0.15, -0.1) is 0 Å². The number of carbonyl (C=O) groups is 2. The Bertz CT molecular complexity index is 207. The summed E-state index contributed by atoms with van der Waals surface area (Å²) in [5, 5.41) is 17.3. The molecule has 2 atom stereocenters. The van der Waals surface area contributed by atoms with Crippen LogP contribution < -0.4 is 0 Å². The van der Waals surface area contributed by atoms with Gasteiger partial charge < -0.3 is 10.2 Å². The fraction of sp³-hybridized carbons (Fsp3) is 0.500. The molecule has 4 heteroatoms. The molecule has 1 rings (SSSR count). The van der Waals surface area contributed by atoms with E-state index in [1.165, 1.54) is 0 Å². The van der Waals surface area contributed by atoms with Crippen molar-refractivity contribution in [2.24, 2.45) is 11.8 Å². The van der Waals surface area contributed by atoms with Gasteiger partial charge in [-0.25, -0.2) is 0 Å². The van der Waals surface area contributed by atoms with Gasteiger partial charge in [-0.2, -0.15) is 0 Å². The lowest BCUT2D eigenvalue weighted by Crippen LogP contribution is -2.30. The summed E-state index contributed by atoms with van der Waals surface area (Å²) in [6.45, 7) is 0. The Morgan fingerprint density at radius 1 is 1.00 bits per heavy atom. The van der Waals surface area contributed by atoms with E-state index in [1.807, 2.05) is 0 Å². The molecule has 0 spiro atoms. The molecule has 1 aliphatic carbocycles. The number of hydrogen-bond acceptors (Lipinski definition) is 2. The van der Waals surface area contributed by atoms with Crippen LogP contribution in [0.1, 0.15) is 12.8 Å². The Hall–Kier alpha value is -1.32. The van der Waals surface area contributed by atoms with Crippen molar-refractivity contribution in [3.05, 3.63) is 12.2 Å². The second-order valence-electron chi connectivity index (χ2n) is 2.83. The zero-order valence-corrected chi connectivity index (χ0v) is 6.43. The number of allylic oxidation sites excluding steroid dienone is 2. The molecule has 1 aliphatic rings. The van der Waals surface area contributed by atoms with Crippen LogP contribution in [-0.2, 0) is 9.59 Å². The van der Waals surface area contributed by atoms with E-state index >= 15 is 0 Å². The predicted molar refractivity (Wildman–Crippen MR) is 40.6 cm³/mol. The Morgan fingerprint density at radius 3 is 1.58 bits per heavy atom. The first kappa shape index (κ1) is 8.77. The normalized spacial score (nSPS) is 28.3. The van der Waals surface area contributed by atoms with Crippen molar-refractivity contribution in [2.75, 3.05) is 0 Å². The number of carboxylic acid groups (broad SMARTS) is 2. The average molecular weight is 170 g/mol. The summed E-state index contributed by atoms with van der Waals surface area (Å²) >= 11 is 0. The number of carboxylic acids is 2. The van der Waals surface area contributed by atoms with Crippen LogP contribution >= 0.6 is 0 Å². The molecule has 0 amide bonds. The molecule has 0 saturated carbocycles. The maximum atomic E-state index is 10.6. The van der Waals surface area contributed by atoms with Gasteiger partial charge in [0.1, 0.15) is 0 Å². The lowest BCUT2D eigenvalue weighted by Gasteiger charge is -2.20. The third kappa shape index (κ3) is 1.64. The summed E-state index contributed by atoms with van der Waals surface area (Å²) in [6, 6.07) is 0. The van der Waals surface area contributed by atoms with Crippen molar-refractivity contribution in [3.8, 4) is 0 Å². The largest absolute Gasteiger partial charge is 0.481 e. The van der Waals surface area contributed by atoms with E-state index in [-0.39, 0.29) is 0 Å². The summed E-state index contributed by atoms with van der Waals surface area (Å²) in [4.78, 5) is 21.1. The third-order valence-corrected chi connectivity index (χ3v) is 2.07. The molecule has 2 N–H and O–H groups in total. The van der Waals surface area contributed by atoms with Gasteiger partial charge in [0.2, 0.25) is 0 Å². The van der Waals surface area contributed by atoms with Crippen LogP contribution in [0.15, 0.2) is 12.2 Å². The molecular formula is C8H10O4. The molecule has 0 aromatic carbocycles. The third-order valence-electron chi connectivity index (χ3n) is 2.07. The average Bonchev–Trinajstić information content (AvgIpc) is 2.04. The van der Waals surface area contributed by atoms with Crippen LogP contribution in [-0.4, -0.2) is 22.2 Å². The summed E-state index contributed by atoms with van der Waals surface area (Å²) < 4.78 is 0. The Labute approximate surface area is 69.5 Å². The van der Waals surface area contributed by atoms with Crippen LogP contribution in [0.3, 0.4) is 0 Å². The van der Waals surface area contributed by atoms with E-state index in [4.69, 9.17) is 10.2 Å². The van der Waals surface area contributed by atoms with Gasteiger partial charge in [-0.1, -0.05) is 12.2 Å². The van der Waals surface area contributed by atoms with Crippen molar-refractivity contribution >= 4 is 11.9 Å². The van der Waals surface area contributed by atoms with Gasteiger partial charge in [0.15, 0.2) is 0 Å². The highest BCUT2D eigenvalue weighted by Crippen LogP contribution is 2.25. The SMILES string of the molecule is O=C(O)C1CC=CC[C@@H]1C(=O)O. The summed E-state index contributed by atoms with van der Waals surface area (Å²) in [5.41, 5.74) is 0. The smallest absolute Gasteiger partial charge is 0.307 e. The van der Waals surface area contributed by atoms with Gasteiger partial charge >= 0.3 is 11.9 Å². The molecule has 0 aromatic heterocycles. The molecule has 0 aliphatic heterocycles. The maximum Gasteiger partial charge on any atom is 0.307 e. The molecule has 0 radical (unpaired) electrons. The van der Waals surface area contributed by atoms with Crippen LogP contribution in [0.5, 0.6) is 0 Å². The number of rotatable bonds is 2. The second-order valence-corrected chi connectivity index (χ2v) is 2.83. The lowest BCUT2D eigenvalue weighted by molar-refractivity contribution is -0.153. The van der Waals surface area contributed by atoms with Crippen molar-refractivity contribution in [1.82, 2.24) is 0 Å². The Morgan fingerprint density at radius 2 is 1.33 bits per heavy atom. The molecule has 0 bridgehead atoms. The van der Waals surface area contributed by atoms with Gasteiger partial charge in [0.25, 0.3) is 0 Å². The quantitative estimate of drug-likeness (QED) is 0.599. The first-order valence-corrected chi connectivity index (χ1v) is 3.73. The van der Waals surface area contributed by atoms with Crippen LogP contribution in [0, 0.1) is 11.8 Å². The van der Waals surface area contributed by atoms with E-state index in [0.29, 0.717) is 12.8 Å². The molecule has 0 aromatic rings. The highest BCUT2D eigenvalue weighted by molar-refractivity contribution is 5.80. The molecule has 12 heavy (non-hydrogen) atoms. The van der Waals surface area contributed by atoms with E-state index in [1.54, 1.807) is 12.2 Å². The van der Waals surface area contributed by atoms with Crippen molar-refractivity contribution in [2.45, 2.75) is 12.8 Å². The molecular weight excluding hydrogens is 160 g/mol. The summed E-state index contributed by atoms with van der Waals surface area (Å²) in [5.74, 6) is -3.56. The number of hydrogen-bond donors (Lipinski definition) is 2. The molecule has 0 heterocycles. The van der Waals surface area contributed by atoms with E-state index in [2.05, 4.69) is 0 Å². The zero-order valence-electron chi connectivity index (χ0n) is 6.43. The van der Waals surface area contributed by atoms with Crippen LogP contribution in [0.2, 0.25) is 0 Å². The van der Waals surface area contributed by atoms with Gasteiger partial charge in [-0.3, -0.25) is 9.59 Å². The second kappa shape index (κ2) is 3.38. The van der Waals surface area contributed by atoms with E-state index in [0.717, 1.165) is 0 Å². The maximum absolute atomic E-state index is 10.6. The highest BCUT2D eigenvalue weighted by atomic mass is 16.4. The zero-order chi connectivity index (χ0) is 9.14. The number of aliphatic carboxylic acids is 2. The molecule has 66 valence electrons. The lowest BCUT2D eigenvalue weighted by atomic mass is 9.83. The van der Waals surface area contributed by atoms with Gasteiger partial charge in [0, 0.05) is 0 Å². The minimum Gasteiger partial charge on any atom is -0.481 e. The minimum absolute atomic E-state index is 0.326. The first-order chi connectivity index (χ1) is 5.63.